The molecule has 0 bridgehead atoms. The fourth-order valence-corrected chi connectivity index (χ4v) is 2.22. The first-order valence-electron chi connectivity index (χ1n) is 7.34. The number of amides is 1. The predicted molar refractivity (Wildman–Crippen MR) is 88.1 cm³/mol. The van der Waals surface area contributed by atoms with E-state index in [1.165, 1.54) is 12.1 Å². The summed E-state index contributed by atoms with van der Waals surface area (Å²) in [7, 11) is 0. The molecule has 0 fully saturated rings. The van der Waals surface area contributed by atoms with Gasteiger partial charge in [-0.3, -0.25) is 9.59 Å². The zero-order valence-corrected chi connectivity index (χ0v) is 13.3. The summed E-state index contributed by atoms with van der Waals surface area (Å²) in [6.07, 6.45) is 0.923. The van der Waals surface area contributed by atoms with Crippen LogP contribution in [0.5, 0.6) is 0 Å². The molecule has 1 N–H and O–H groups in total. The number of benzene rings is 2. The van der Waals surface area contributed by atoms with E-state index in [9.17, 15) is 14.0 Å². The minimum absolute atomic E-state index is 0.0876. The Hall–Kier alpha value is -2.20. The second kappa shape index (κ2) is 8.44. The van der Waals surface area contributed by atoms with Gasteiger partial charge in [-0.05, 0) is 48.4 Å². The van der Waals surface area contributed by atoms with Crippen molar-refractivity contribution in [1.82, 2.24) is 5.32 Å². The van der Waals surface area contributed by atoms with Crippen LogP contribution in [0, 0.1) is 5.82 Å². The van der Waals surface area contributed by atoms with E-state index in [0.29, 0.717) is 23.6 Å². The van der Waals surface area contributed by atoms with Gasteiger partial charge in [-0.1, -0.05) is 23.7 Å². The van der Waals surface area contributed by atoms with Crippen LogP contribution in [0.1, 0.15) is 28.8 Å². The minimum Gasteiger partial charge on any atom is -0.356 e. The quantitative estimate of drug-likeness (QED) is 0.783. The molecule has 0 aliphatic rings. The van der Waals surface area contributed by atoms with E-state index in [0.717, 1.165) is 5.56 Å². The summed E-state index contributed by atoms with van der Waals surface area (Å²) in [4.78, 5) is 23.7. The Balaban J connectivity index is 1.69. The number of hydrogen-bond donors (Lipinski definition) is 1. The maximum Gasteiger partial charge on any atom is 0.220 e. The summed E-state index contributed by atoms with van der Waals surface area (Å²) in [6.45, 7) is 0.458. The van der Waals surface area contributed by atoms with Crippen LogP contribution in [-0.4, -0.2) is 18.2 Å². The predicted octanol–water partition coefficient (Wildman–Crippen LogP) is 3.80. The topological polar surface area (TPSA) is 46.2 Å². The molecule has 0 saturated heterocycles. The van der Waals surface area contributed by atoms with Crippen LogP contribution in [0.2, 0.25) is 5.02 Å². The Kier molecular flexibility index (Phi) is 6.29. The summed E-state index contributed by atoms with van der Waals surface area (Å²) >= 11 is 5.76. The number of nitrogens with one attached hydrogen (secondary N) is 1. The molecule has 5 heteroatoms. The van der Waals surface area contributed by atoms with E-state index in [2.05, 4.69) is 5.32 Å². The second-order valence-electron chi connectivity index (χ2n) is 5.16. The summed E-state index contributed by atoms with van der Waals surface area (Å²) in [5.41, 5.74) is 1.50. The van der Waals surface area contributed by atoms with Crippen LogP contribution in [0.4, 0.5) is 4.39 Å². The Morgan fingerprint density at radius 1 is 0.957 bits per heavy atom. The standard InChI is InChI=1S/C18H17ClFNO2/c19-15-5-3-14(4-6-15)17(22)9-10-18(23)21-12-11-13-1-7-16(20)8-2-13/h1-8H,9-12H2,(H,21,23). The number of carbonyl (C=O) groups excluding carboxylic acids is 2. The zero-order chi connectivity index (χ0) is 16.7. The van der Waals surface area contributed by atoms with Crippen LogP contribution < -0.4 is 5.32 Å². The number of carbonyl (C=O) groups is 2. The fraction of sp³-hybridized carbons (Fsp3) is 0.222. The molecule has 23 heavy (non-hydrogen) atoms. The maximum absolute atomic E-state index is 12.8. The van der Waals surface area contributed by atoms with Crippen molar-refractivity contribution in [2.45, 2.75) is 19.3 Å². The number of halogens is 2. The van der Waals surface area contributed by atoms with Crippen LogP contribution in [-0.2, 0) is 11.2 Å². The van der Waals surface area contributed by atoms with E-state index < -0.39 is 0 Å². The molecule has 2 aromatic carbocycles. The van der Waals surface area contributed by atoms with Gasteiger partial charge >= 0.3 is 0 Å². The molecular formula is C18H17ClFNO2. The van der Waals surface area contributed by atoms with E-state index in [1.54, 1.807) is 36.4 Å². The van der Waals surface area contributed by atoms with Crippen molar-refractivity contribution in [2.24, 2.45) is 0 Å². The molecule has 0 radical (unpaired) electrons. The molecular weight excluding hydrogens is 317 g/mol. The van der Waals surface area contributed by atoms with E-state index >= 15 is 0 Å². The van der Waals surface area contributed by atoms with Crippen molar-refractivity contribution in [2.75, 3.05) is 6.54 Å². The molecule has 0 aliphatic carbocycles. The van der Waals surface area contributed by atoms with E-state index in [-0.39, 0.29) is 30.3 Å². The molecule has 2 rings (SSSR count). The van der Waals surface area contributed by atoms with Crippen LogP contribution >= 0.6 is 11.6 Å². The lowest BCUT2D eigenvalue weighted by Crippen LogP contribution is -2.26. The highest BCUT2D eigenvalue weighted by Gasteiger charge is 2.09. The molecule has 0 unspecified atom stereocenters. The van der Waals surface area contributed by atoms with Crippen molar-refractivity contribution in [3.8, 4) is 0 Å². The molecule has 3 nitrogen and oxygen atoms in total. The Bertz CT molecular complexity index is 668. The van der Waals surface area contributed by atoms with Gasteiger partial charge in [-0.25, -0.2) is 4.39 Å². The fourth-order valence-electron chi connectivity index (χ4n) is 2.09. The van der Waals surface area contributed by atoms with Gasteiger partial charge in [0, 0.05) is 30.0 Å². The van der Waals surface area contributed by atoms with Crippen molar-refractivity contribution in [1.29, 1.82) is 0 Å². The zero-order valence-electron chi connectivity index (χ0n) is 12.5. The Morgan fingerprint density at radius 3 is 2.26 bits per heavy atom. The number of Topliss-reactive ketones (excluding diaryl/α,β-unsaturated/α-hetero) is 1. The first-order chi connectivity index (χ1) is 11.0. The van der Waals surface area contributed by atoms with Gasteiger partial charge in [-0.15, -0.1) is 0 Å². The number of ketones is 1. The minimum atomic E-state index is -0.279. The average molecular weight is 334 g/mol. The van der Waals surface area contributed by atoms with Crippen molar-refractivity contribution in [3.63, 3.8) is 0 Å². The van der Waals surface area contributed by atoms with Crippen molar-refractivity contribution < 1.29 is 14.0 Å². The van der Waals surface area contributed by atoms with E-state index in [1.807, 2.05) is 0 Å². The van der Waals surface area contributed by atoms with Gasteiger partial charge in [-0.2, -0.15) is 0 Å². The monoisotopic (exact) mass is 333 g/mol. The summed E-state index contributed by atoms with van der Waals surface area (Å²) in [5, 5.41) is 3.33. The lowest BCUT2D eigenvalue weighted by molar-refractivity contribution is -0.121. The molecule has 0 aromatic heterocycles. The molecule has 2 aromatic rings. The molecule has 120 valence electrons. The third-order valence-corrected chi connectivity index (χ3v) is 3.65. The summed E-state index contributed by atoms with van der Waals surface area (Å²) < 4.78 is 12.8. The van der Waals surface area contributed by atoms with E-state index in [4.69, 9.17) is 11.6 Å². The molecule has 0 atom stereocenters. The largest absolute Gasteiger partial charge is 0.356 e. The van der Waals surface area contributed by atoms with Crippen molar-refractivity contribution in [3.05, 3.63) is 70.5 Å². The van der Waals surface area contributed by atoms with Gasteiger partial charge in [0.1, 0.15) is 5.82 Å². The SMILES string of the molecule is O=C(CCC(=O)c1ccc(Cl)cc1)NCCc1ccc(F)cc1. The summed E-state index contributed by atoms with van der Waals surface area (Å²) in [6, 6.07) is 12.8. The molecule has 0 heterocycles. The molecule has 0 spiro atoms. The normalized spacial score (nSPS) is 10.3. The van der Waals surface area contributed by atoms with Gasteiger partial charge in [0.05, 0.1) is 0 Å². The summed E-state index contributed by atoms with van der Waals surface area (Å²) in [5.74, 6) is -0.539. The second-order valence-corrected chi connectivity index (χ2v) is 5.59. The lowest BCUT2D eigenvalue weighted by Gasteiger charge is -2.05. The number of hydrogen-bond acceptors (Lipinski definition) is 2. The first-order valence-corrected chi connectivity index (χ1v) is 7.72. The Labute approximate surface area is 139 Å². The third-order valence-electron chi connectivity index (χ3n) is 3.39. The van der Waals surface area contributed by atoms with Gasteiger partial charge in [0.2, 0.25) is 5.91 Å². The van der Waals surface area contributed by atoms with Crippen molar-refractivity contribution >= 4 is 23.3 Å². The maximum atomic E-state index is 12.8. The molecule has 0 saturated carbocycles. The Morgan fingerprint density at radius 2 is 1.61 bits per heavy atom. The average Bonchev–Trinajstić information content (AvgIpc) is 2.55. The first kappa shape index (κ1) is 17.2. The van der Waals surface area contributed by atoms with Gasteiger partial charge < -0.3 is 5.32 Å². The number of rotatable bonds is 7. The smallest absolute Gasteiger partial charge is 0.220 e. The highest BCUT2D eigenvalue weighted by molar-refractivity contribution is 6.30. The molecule has 1 amide bonds. The lowest BCUT2D eigenvalue weighted by atomic mass is 10.1. The third kappa shape index (κ3) is 5.83. The van der Waals surface area contributed by atoms with Crippen LogP contribution in [0.15, 0.2) is 48.5 Å². The van der Waals surface area contributed by atoms with Gasteiger partial charge in [0.15, 0.2) is 5.78 Å². The highest BCUT2D eigenvalue weighted by atomic mass is 35.5. The highest BCUT2D eigenvalue weighted by Crippen LogP contribution is 2.11. The molecule has 0 aliphatic heterocycles. The van der Waals surface area contributed by atoms with Crippen LogP contribution in [0.3, 0.4) is 0 Å². The van der Waals surface area contributed by atoms with Gasteiger partial charge in [0.25, 0.3) is 0 Å². The van der Waals surface area contributed by atoms with Crippen LogP contribution in [0.25, 0.3) is 0 Å².